The summed E-state index contributed by atoms with van der Waals surface area (Å²) in [5, 5.41) is 0.720. The maximum atomic E-state index is 12.9. The Bertz CT molecular complexity index is 1230. The number of hydrogen-bond acceptors (Lipinski definition) is 2. The maximum absolute atomic E-state index is 12.9. The molecule has 3 aromatic rings. The number of pyridine rings is 2. The van der Waals surface area contributed by atoms with E-state index in [1.165, 1.54) is 11.1 Å². The van der Waals surface area contributed by atoms with Crippen molar-refractivity contribution in [2.24, 2.45) is 7.05 Å². The Labute approximate surface area is 207 Å². The second kappa shape index (κ2) is 9.24. The first-order valence-corrected chi connectivity index (χ1v) is 12.2. The van der Waals surface area contributed by atoms with E-state index in [2.05, 4.69) is 40.2 Å². The zero-order chi connectivity index (χ0) is 22.9. The van der Waals surface area contributed by atoms with E-state index in [4.69, 9.17) is 16.6 Å². The molecule has 0 spiro atoms. The SMILES string of the molecule is C[n+]1ccc(CC(=O)N2CCC(=C3c4ccc(Cl)cc4C=Cc4cc(Br)cnc43)CC2)cc1. The second-order valence-corrected chi connectivity index (χ2v) is 9.92. The largest absolute Gasteiger partial charge is 0.342 e. The summed E-state index contributed by atoms with van der Waals surface area (Å²) >= 11 is 9.86. The van der Waals surface area contributed by atoms with Gasteiger partial charge in [0.15, 0.2) is 12.4 Å². The summed E-state index contributed by atoms with van der Waals surface area (Å²) in [7, 11) is 1.98. The molecule has 1 aromatic carbocycles. The number of fused-ring (bicyclic) bond motifs is 2. The van der Waals surface area contributed by atoms with Crippen molar-refractivity contribution in [1.82, 2.24) is 9.88 Å². The van der Waals surface area contributed by atoms with Crippen LogP contribution in [0, 0.1) is 0 Å². The molecule has 6 heteroatoms. The Morgan fingerprint density at radius 3 is 2.58 bits per heavy atom. The summed E-state index contributed by atoms with van der Waals surface area (Å²) in [6.45, 7) is 1.45. The van der Waals surface area contributed by atoms with Gasteiger partial charge in [-0.1, -0.05) is 35.4 Å². The molecule has 3 heterocycles. The summed E-state index contributed by atoms with van der Waals surface area (Å²) in [6, 6.07) is 12.2. The quantitative estimate of drug-likeness (QED) is 0.328. The van der Waals surface area contributed by atoms with Crippen LogP contribution < -0.4 is 4.57 Å². The molecule has 1 saturated heterocycles. The number of aromatic nitrogens is 2. The molecule has 1 aliphatic heterocycles. The molecule has 0 unspecified atom stereocenters. The van der Waals surface area contributed by atoms with E-state index in [0.29, 0.717) is 6.42 Å². The van der Waals surface area contributed by atoms with Crippen LogP contribution in [0.25, 0.3) is 17.7 Å². The first kappa shape index (κ1) is 22.1. The third-order valence-electron chi connectivity index (χ3n) is 6.32. The van der Waals surface area contributed by atoms with Crippen molar-refractivity contribution >= 4 is 51.2 Å². The molecule has 33 heavy (non-hydrogen) atoms. The summed E-state index contributed by atoms with van der Waals surface area (Å²) < 4.78 is 2.93. The Hall–Kier alpha value is -2.76. The van der Waals surface area contributed by atoms with Gasteiger partial charge in [0.25, 0.3) is 0 Å². The van der Waals surface area contributed by atoms with Crippen LogP contribution in [0.4, 0.5) is 0 Å². The second-order valence-electron chi connectivity index (χ2n) is 8.56. The number of rotatable bonds is 2. The minimum absolute atomic E-state index is 0.185. The molecule has 0 radical (unpaired) electrons. The van der Waals surface area contributed by atoms with Crippen molar-refractivity contribution < 1.29 is 9.36 Å². The van der Waals surface area contributed by atoms with Gasteiger partial charge in [-0.05, 0) is 63.7 Å². The number of amides is 1. The van der Waals surface area contributed by atoms with Crippen molar-refractivity contribution in [1.29, 1.82) is 0 Å². The topological polar surface area (TPSA) is 37.1 Å². The van der Waals surface area contributed by atoms with E-state index in [1.54, 1.807) is 0 Å². The predicted octanol–water partition coefficient (Wildman–Crippen LogP) is 5.47. The van der Waals surface area contributed by atoms with Crippen LogP contribution in [0.5, 0.6) is 0 Å². The van der Waals surface area contributed by atoms with Crippen molar-refractivity contribution in [3.8, 4) is 0 Å². The van der Waals surface area contributed by atoms with E-state index < -0.39 is 0 Å². The lowest BCUT2D eigenvalue weighted by Gasteiger charge is -2.30. The Morgan fingerprint density at radius 1 is 1.09 bits per heavy atom. The van der Waals surface area contributed by atoms with Gasteiger partial charge in [0.1, 0.15) is 7.05 Å². The molecule has 0 N–H and O–H groups in total. The van der Waals surface area contributed by atoms with E-state index in [9.17, 15) is 4.79 Å². The molecule has 0 saturated carbocycles. The van der Waals surface area contributed by atoms with Gasteiger partial charge >= 0.3 is 0 Å². The van der Waals surface area contributed by atoms with Gasteiger partial charge in [0.2, 0.25) is 5.91 Å². The average Bonchev–Trinajstić information content (AvgIpc) is 2.97. The van der Waals surface area contributed by atoms with Gasteiger partial charge in [-0.25, -0.2) is 4.57 Å². The molecule has 0 atom stereocenters. The highest BCUT2D eigenvalue weighted by Gasteiger charge is 2.25. The lowest BCUT2D eigenvalue weighted by molar-refractivity contribution is -0.671. The summed E-state index contributed by atoms with van der Waals surface area (Å²) in [5.41, 5.74) is 7.88. The van der Waals surface area contributed by atoms with Crippen LogP contribution in [-0.4, -0.2) is 28.9 Å². The minimum atomic E-state index is 0.185. The predicted molar refractivity (Wildman–Crippen MR) is 135 cm³/mol. The van der Waals surface area contributed by atoms with Crippen LogP contribution >= 0.6 is 27.5 Å². The molecular formula is C27H24BrClN3O+. The number of hydrogen-bond donors (Lipinski definition) is 0. The first-order valence-electron chi connectivity index (χ1n) is 11.1. The molecule has 2 aliphatic rings. The van der Waals surface area contributed by atoms with Gasteiger partial charge in [0, 0.05) is 52.1 Å². The van der Waals surface area contributed by atoms with Crippen LogP contribution in [-0.2, 0) is 18.3 Å². The van der Waals surface area contributed by atoms with Crippen molar-refractivity contribution in [2.75, 3.05) is 13.1 Å². The van der Waals surface area contributed by atoms with E-state index in [1.807, 2.05) is 59.4 Å². The Balaban J connectivity index is 1.45. The number of halogens is 2. The van der Waals surface area contributed by atoms with Crippen LogP contribution in [0.2, 0.25) is 5.02 Å². The van der Waals surface area contributed by atoms with Crippen molar-refractivity contribution in [2.45, 2.75) is 19.3 Å². The van der Waals surface area contributed by atoms with Gasteiger partial charge < -0.3 is 4.90 Å². The smallest absolute Gasteiger partial charge is 0.227 e. The molecule has 1 fully saturated rings. The summed E-state index contributed by atoms with van der Waals surface area (Å²) in [4.78, 5) is 19.7. The van der Waals surface area contributed by atoms with Gasteiger partial charge in [-0.15, -0.1) is 0 Å². The van der Waals surface area contributed by atoms with E-state index in [0.717, 1.165) is 63.4 Å². The molecule has 2 aromatic heterocycles. The maximum Gasteiger partial charge on any atom is 0.227 e. The van der Waals surface area contributed by atoms with Gasteiger partial charge in [-0.2, -0.15) is 0 Å². The molecule has 1 aliphatic carbocycles. The fraction of sp³-hybridized carbons (Fsp3) is 0.222. The summed E-state index contributed by atoms with van der Waals surface area (Å²) in [6.07, 6.45) is 12.1. The normalized spacial score (nSPS) is 15.2. The number of likely N-dealkylation sites (tertiary alicyclic amines) is 1. The third kappa shape index (κ3) is 4.66. The molecule has 4 nitrogen and oxygen atoms in total. The lowest BCUT2D eigenvalue weighted by Crippen LogP contribution is -2.37. The monoisotopic (exact) mass is 520 g/mol. The molecular weight excluding hydrogens is 498 g/mol. The zero-order valence-electron chi connectivity index (χ0n) is 18.4. The Morgan fingerprint density at radius 2 is 1.82 bits per heavy atom. The van der Waals surface area contributed by atoms with Crippen molar-refractivity contribution in [3.05, 3.63) is 98.0 Å². The molecule has 0 bridgehead atoms. The zero-order valence-corrected chi connectivity index (χ0v) is 20.7. The number of aryl methyl sites for hydroxylation is 1. The number of carbonyl (C=O) groups is 1. The standard InChI is InChI=1S/C27H24BrClN3O/c1-31-10-6-18(7-11-31)14-25(33)32-12-8-19(9-13-32)26-24-5-4-23(29)16-20(24)2-3-21-15-22(28)17-30-27(21)26/h2-7,10-11,15-17H,8-9,12-14H2,1H3/q+1. The third-order valence-corrected chi connectivity index (χ3v) is 6.99. The number of carbonyl (C=O) groups excluding carboxylic acids is 1. The van der Waals surface area contributed by atoms with Crippen LogP contribution in [0.3, 0.4) is 0 Å². The fourth-order valence-electron chi connectivity index (χ4n) is 4.57. The average molecular weight is 522 g/mol. The highest BCUT2D eigenvalue weighted by molar-refractivity contribution is 9.10. The van der Waals surface area contributed by atoms with Gasteiger partial charge in [-0.3, -0.25) is 9.78 Å². The highest BCUT2D eigenvalue weighted by Crippen LogP contribution is 2.39. The fourth-order valence-corrected chi connectivity index (χ4v) is 5.10. The molecule has 1 amide bonds. The Kier molecular flexibility index (Phi) is 6.17. The van der Waals surface area contributed by atoms with Crippen molar-refractivity contribution in [3.63, 3.8) is 0 Å². The molecule has 166 valence electrons. The van der Waals surface area contributed by atoms with Gasteiger partial charge in [0.05, 0.1) is 12.1 Å². The summed E-state index contributed by atoms with van der Waals surface area (Å²) in [5.74, 6) is 0.185. The first-order chi connectivity index (χ1) is 16.0. The highest BCUT2D eigenvalue weighted by atomic mass is 79.9. The lowest BCUT2D eigenvalue weighted by atomic mass is 9.88. The number of benzene rings is 1. The number of nitrogens with zero attached hydrogens (tertiary/aromatic N) is 3. The van der Waals surface area contributed by atoms with Crippen LogP contribution in [0.1, 0.15) is 40.8 Å². The van der Waals surface area contributed by atoms with Crippen LogP contribution in [0.15, 0.2) is 65.0 Å². The van der Waals surface area contributed by atoms with E-state index >= 15 is 0 Å². The number of piperidine rings is 1. The van der Waals surface area contributed by atoms with E-state index in [-0.39, 0.29) is 5.91 Å². The molecule has 5 rings (SSSR count). The minimum Gasteiger partial charge on any atom is -0.342 e.